The van der Waals surface area contributed by atoms with Gasteiger partial charge in [-0.1, -0.05) is 12.1 Å². The van der Waals surface area contributed by atoms with Crippen LogP contribution in [0.15, 0.2) is 36.7 Å². The van der Waals surface area contributed by atoms with Gasteiger partial charge >= 0.3 is 0 Å². The van der Waals surface area contributed by atoms with Gasteiger partial charge in [-0.05, 0) is 30.2 Å². The molecular formula is C16H22N4O2. The summed E-state index contributed by atoms with van der Waals surface area (Å²) in [5.74, 6) is 0.790. The SMILES string of the molecule is COc1ccc(CNC(=O)CNCCn2cc(C)cn2)cc1. The third-order valence-electron chi connectivity index (χ3n) is 3.21. The second-order valence-electron chi connectivity index (χ2n) is 5.08. The molecule has 1 amide bonds. The van der Waals surface area contributed by atoms with E-state index in [2.05, 4.69) is 15.7 Å². The average molecular weight is 302 g/mol. The molecule has 1 aromatic heterocycles. The van der Waals surface area contributed by atoms with Gasteiger partial charge in [-0.25, -0.2) is 0 Å². The van der Waals surface area contributed by atoms with Gasteiger partial charge in [-0.3, -0.25) is 9.48 Å². The summed E-state index contributed by atoms with van der Waals surface area (Å²) in [7, 11) is 1.63. The number of carbonyl (C=O) groups is 1. The highest BCUT2D eigenvalue weighted by Gasteiger charge is 2.01. The molecule has 0 fully saturated rings. The minimum absolute atomic E-state index is 0.0209. The van der Waals surface area contributed by atoms with Gasteiger partial charge in [0.25, 0.3) is 0 Å². The first-order valence-corrected chi connectivity index (χ1v) is 7.27. The molecule has 118 valence electrons. The van der Waals surface area contributed by atoms with Gasteiger partial charge in [-0.15, -0.1) is 0 Å². The maximum Gasteiger partial charge on any atom is 0.234 e. The van der Waals surface area contributed by atoms with Gasteiger partial charge in [0.15, 0.2) is 0 Å². The molecule has 0 unspecified atom stereocenters. The van der Waals surface area contributed by atoms with E-state index in [1.165, 1.54) is 0 Å². The molecule has 2 rings (SSSR count). The molecule has 0 bridgehead atoms. The summed E-state index contributed by atoms with van der Waals surface area (Å²) >= 11 is 0. The lowest BCUT2D eigenvalue weighted by molar-refractivity contribution is -0.120. The number of aromatic nitrogens is 2. The smallest absolute Gasteiger partial charge is 0.234 e. The lowest BCUT2D eigenvalue weighted by atomic mass is 10.2. The van der Waals surface area contributed by atoms with Crippen molar-refractivity contribution in [1.29, 1.82) is 0 Å². The van der Waals surface area contributed by atoms with E-state index in [-0.39, 0.29) is 5.91 Å². The number of nitrogens with one attached hydrogen (secondary N) is 2. The highest BCUT2D eigenvalue weighted by molar-refractivity contribution is 5.77. The van der Waals surface area contributed by atoms with Crippen molar-refractivity contribution in [2.45, 2.75) is 20.0 Å². The molecule has 0 radical (unpaired) electrons. The van der Waals surface area contributed by atoms with Crippen molar-refractivity contribution in [3.05, 3.63) is 47.8 Å². The Morgan fingerprint density at radius 1 is 1.32 bits per heavy atom. The zero-order valence-corrected chi connectivity index (χ0v) is 13.0. The molecule has 0 aliphatic rings. The van der Waals surface area contributed by atoms with Gasteiger partial charge in [0.2, 0.25) is 5.91 Å². The molecule has 0 aliphatic carbocycles. The summed E-state index contributed by atoms with van der Waals surface area (Å²) in [5.41, 5.74) is 2.18. The Hall–Kier alpha value is -2.34. The fraction of sp³-hybridized carbons (Fsp3) is 0.375. The first-order chi connectivity index (χ1) is 10.7. The largest absolute Gasteiger partial charge is 0.497 e. The average Bonchev–Trinajstić information content (AvgIpc) is 2.95. The monoisotopic (exact) mass is 302 g/mol. The Balaban J connectivity index is 1.61. The molecule has 1 heterocycles. The second kappa shape index (κ2) is 8.19. The fourth-order valence-corrected chi connectivity index (χ4v) is 1.99. The minimum atomic E-state index is -0.0209. The number of nitrogens with zero attached hydrogens (tertiary/aromatic N) is 2. The third kappa shape index (κ3) is 5.21. The molecule has 0 atom stereocenters. The van der Waals surface area contributed by atoms with Crippen LogP contribution in [-0.4, -0.2) is 35.9 Å². The topological polar surface area (TPSA) is 68.2 Å². The van der Waals surface area contributed by atoms with E-state index in [4.69, 9.17) is 4.74 Å². The summed E-state index contributed by atoms with van der Waals surface area (Å²) in [6, 6.07) is 7.64. The van der Waals surface area contributed by atoms with Crippen molar-refractivity contribution in [3.8, 4) is 5.75 Å². The molecule has 2 aromatic rings. The standard InChI is InChI=1S/C16H22N4O2/c1-13-9-19-20(12-13)8-7-17-11-16(21)18-10-14-3-5-15(22-2)6-4-14/h3-6,9,12,17H,7-8,10-11H2,1-2H3,(H,18,21). The molecule has 6 heteroatoms. The van der Waals surface area contributed by atoms with Crippen LogP contribution in [0, 0.1) is 6.92 Å². The lowest BCUT2D eigenvalue weighted by Crippen LogP contribution is -2.34. The van der Waals surface area contributed by atoms with Crippen molar-refractivity contribution in [2.75, 3.05) is 20.2 Å². The molecular weight excluding hydrogens is 280 g/mol. The van der Waals surface area contributed by atoms with Crippen molar-refractivity contribution in [3.63, 3.8) is 0 Å². The van der Waals surface area contributed by atoms with Crippen molar-refractivity contribution in [1.82, 2.24) is 20.4 Å². The summed E-state index contributed by atoms with van der Waals surface area (Å²) in [6.45, 7) is 4.28. The number of aryl methyl sites for hydroxylation is 1. The van der Waals surface area contributed by atoms with E-state index in [1.807, 2.05) is 48.3 Å². The van der Waals surface area contributed by atoms with E-state index < -0.39 is 0 Å². The maximum absolute atomic E-state index is 11.7. The number of rotatable bonds is 8. The number of hydrogen-bond acceptors (Lipinski definition) is 4. The molecule has 1 aromatic carbocycles. The van der Waals surface area contributed by atoms with Gasteiger partial charge in [0.1, 0.15) is 5.75 Å². The number of methoxy groups -OCH3 is 1. The first kappa shape index (κ1) is 16.0. The Morgan fingerprint density at radius 3 is 2.73 bits per heavy atom. The second-order valence-corrected chi connectivity index (χ2v) is 5.08. The minimum Gasteiger partial charge on any atom is -0.497 e. The number of amides is 1. The van der Waals surface area contributed by atoms with Crippen LogP contribution in [0.2, 0.25) is 0 Å². The Bertz CT molecular complexity index is 592. The molecule has 6 nitrogen and oxygen atoms in total. The maximum atomic E-state index is 11.7. The zero-order chi connectivity index (χ0) is 15.8. The van der Waals surface area contributed by atoms with Gasteiger partial charge < -0.3 is 15.4 Å². The van der Waals surface area contributed by atoms with Crippen LogP contribution in [-0.2, 0) is 17.9 Å². The molecule has 0 spiro atoms. The third-order valence-corrected chi connectivity index (χ3v) is 3.21. The summed E-state index contributed by atoms with van der Waals surface area (Å²) in [4.78, 5) is 11.7. The van der Waals surface area contributed by atoms with E-state index in [0.29, 0.717) is 19.6 Å². The van der Waals surface area contributed by atoms with Crippen LogP contribution in [0.3, 0.4) is 0 Å². The Kier molecular flexibility index (Phi) is 5.97. The predicted molar refractivity (Wildman–Crippen MR) is 84.7 cm³/mol. The Labute approximate surface area is 130 Å². The summed E-state index contributed by atoms with van der Waals surface area (Å²) in [6.07, 6.45) is 3.80. The molecule has 0 saturated heterocycles. The molecule has 0 aliphatic heterocycles. The van der Waals surface area contributed by atoms with E-state index in [1.54, 1.807) is 7.11 Å². The number of benzene rings is 1. The van der Waals surface area contributed by atoms with E-state index >= 15 is 0 Å². The lowest BCUT2D eigenvalue weighted by Gasteiger charge is -2.07. The number of carbonyl (C=O) groups excluding carboxylic acids is 1. The van der Waals surface area contributed by atoms with Crippen LogP contribution in [0.5, 0.6) is 5.75 Å². The molecule has 2 N–H and O–H groups in total. The highest BCUT2D eigenvalue weighted by Crippen LogP contribution is 2.10. The summed E-state index contributed by atoms with van der Waals surface area (Å²) < 4.78 is 6.95. The van der Waals surface area contributed by atoms with Crippen LogP contribution in [0.25, 0.3) is 0 Å². The van der Waals surface area contributed by atoms with Gasteiger partial charge in [0, 0.05) is 19.3 Å². The quantitative estimate of drug-likeness (QED) is 0.717. The normalized spacial score (nSPS) is 10.5. The highest BCUT2D eigenvalue weighted by atomic mass is 16.5. The zero-order valence-electron chi connectivity index (χ0n) is 13.0. The van der Waals surface area contributed by atoms with E-state index in [9.17, 15) is 4.79 Å². The van der Waals surface area contributed by atoms with E-state index in [0.717, 1.165) is 23.4 Å². The van der Waals surface area contributed by atoms with Gasteiger partial charge in [0.05, 0.1) is 26.4 Å². The van der Waals surface area contributed by atoms with Crippen LogP contribution in [0.1, 0.15) is 11.1 Å². The molecule has 0 saturated carbocycles. The fourth-order valence-electron chi connectivity index (χ4n) is 1.99. The number of hydrogen-bond donors (Lipinski definition) is 2. The Morgan fingerprint density at radius 2 is 2.09 bits per heavy atom. The van der Waals surface area contributed by atoms with Crippen molar-refractivity contribution < 1.29 is 9.53 Å². The van der Waals surface area contributed by atoms with Crippen LogP contribution in [0.4, 0.5) is 0 Å². The molecule has 22 heavy (non-hydrogen) atoms. The van der Waals surface area contributed by atoms with Crippen LogP contribution < -0.4 is 15.4 Å². The van der Waals surface area contributed by atoms with Gasteiger partial charge in [-0.2, -0.15) is 5.10 Å². The van der Waals surface area contributed by atoms with Crippen molar-refractivity contribution in [2.24, 2.45) is 0 Å². The summed E-state index contributed by atoms with van der Waals surface area (Å²) in [5, 5.41) is 10.2. The van der Waals surface area contributed by atoms with Crippen LogP contribution >= 0.6 is 0 Å². The van der Waals surface area contributed by atoms with Crippen molar-refractivity contribution >= 4 is 5.91 Å². The first-order valence-electron chi connectivity index (χ1n) is 7.27. The predicted octanol–water partition coefficient (Wildman–Crippen LogP) is 1.11. The number of ether oxygens (including phenoxy) is 1.